The number of morpholine rings is 1. The van der Waals surface area contributed by atoms with Gasteiger partial charge in [-0.1, -0.05) is 6.07 Å². The van der Waals surface area contributed by atoms with E-state index >= 15 is 0 Å². The standard InChI is InChI=1S/C24H25BrN4O3/c1-24(2)14-32-11-10-28(24)23(30)21-16-8-7-15-12-19(31-3)18(25)13-17(15)22(16)29(27-21)20-6-4-5-9-26-20/h4-6,9,12-13H,7-8,10-11,14H2,1-3H3. The Hall–Kier alpha value is -2.71. The second kappa shape index (κ2) is 8.01. The number of pyridine rings is 1. The van der Waals surface area contributed by atoms with Gasteiger partial charge in [0.1, 0.15) is 5.75 Å². The molecule has 0 spiro atoms. The van der Waals surface area contributed by atoms with E-state index in [0.717, 1.165) is 39.9 Å². The zero-order valence-electron chi connectivity index (χ0n) is 18.4. The molecule has 3 aromatic rings. The Kier molecular flexibility index (Phi) is 5.29. The van der Waals surface area contributed by atoms with Crippen molar-refractivity contribution < 1.29 is 14.3 Å². The molecule has 0 unspecified atom stereocenters. The van der Waals surface area contributed by atoms with Crippen molar-refractivity contribution >= 4 is 21.8 Å². The summed E-state index contributed by atoms with van der Waals surface area (Å²) >= 11 is 3.62. The lowest BCUT2D eigenvalue weighted by atomic mass is 9.88. The molecular weight excluding hydrogens is 472 g/mol. The van der Waals surface area contributed by atoms with Crippen LogP contribution in [-0.2, 0) is 17.6 Å². The Balaban J connectivity index is 1.70. The number of benzene rings is 1. The fourth-order valence-electron chi connectivity index (χ4n) is 4.58. The Morgan fingerprint density at radius 2 is 2.09 bits per heavy atom. The third-order valence-corrected chi connectivity index (χ3v) is 6.84. The molecule has 0 saturated carbocycles. The van der Waals surface area contributed by atoms with Crippen molar-refractivity contribution in [3.63, 3.8) is 0 Å². The zero-order valence-corrected chi connectivity index (χ0v) is 20.0. The molecule has 5 rings (SSSR count). The number of aryl methyl sites for hydroxylation is 1. The van der Waals surface area contributed by atoms with Crippen LogP contribution in [0.3, 0.4) is 0 Å². The number of ether oxygens (including phenoxy) is 2. The highest BCUT2D eigenvalue weighted by atomic mass is 79.9. The van der Waals surface area contributed by atoms with Gasteiger partial charge in [-0.2, -0.15) is 5.10 Å². The fourth-order valence-corrected chi connectivity index (χ4v) is 5.09. The summed E-state index contributed by atoms with van der Waals surface area (Å²) in [6.07, 6.45) is 3.28. The maximum Gasteiger partial charge on any atom is 0.275 e. The number of fused-ring (bicyclic) bond motifs is 3. The van der Waals surface area contributed by atoms with E-state index in [2.05, 4.69) is 33.0 Å². The van der Waals surface area contributed by atoms with Gasteiger partial charge in [0.15, 0.2) is 11.5 Å². The van der Waals surface area contributed by atoms with E-state index in [0.29, 0.717) is 31.3 Å². The fraction of sp³-hybridized carbons (Fsp3) is 0.375. The molecule has 2 aromatic heterocycles. The SMILES string of the molecule is COc1cc2c(cc1Br)-c1c(c(C(=O)N3CCOCC3(C)C)nn1-c1ccccn1)CC2. The Bertz CT molecular complexity index is 1190. The van der Waals surface area contributed by atoms with Crippen molar-refractivity contribution in [2.24, 2.45) is 0 Å². The predicted octanol–water partition coefficient (Wildman–Crippen LogP) is 4.06. The molecule has 7 nitrogen and oxygen atoms in total. The molecule has 1 fully saturated rings. The topological polar surface area (TPSA) is 69.5 Å². The van der Waals surface area contributed by atoms with Crippen LogP contribution in [0.5, 0.6) is 5.75 Å². The van der Waals surface area contributed by atoms with Crippen LogP contribution in [0.4, 0.5) is 0 Å². The van der Waals surface area contributed by atoms with Crippen molar-refractivity contribution in [1.82, 2.24) is 19.7 Å². The Labute approximate surface area is 195 Å². The number of carbonyl (C=O) groups is 1. The van der Waals surface area contributed by atoms with E-state index in [9.17, 15) is 4.79 Å². The molecule has 32 heavy (non-hydrogen) atoms. The van der Waals surface area contributed by atoms with Crippen molar-refractivity contribution in [1.29, 1.82) is 0 Å². The predicted molar refractivity (Wildman–Crippen MR) is 124 cm³/mol. The third-order valence-electron chi connectivity index (χ3n) is 6.22. The van der Waals surface area contributed by atoms with Crippen LogP contribution in [0, 0.1) is 0 Å². The van der Waals surface area contributed by atoms with E-state index < -0.39 is 0 Å². The number of amides is 1. The highest BCUT2D eigenvalue weighted by molar-refractivity contribution is 9.10. The van der Waals surface area contributed by atoms with Gasteiger partial charge in [-0.25, -0.2) is 9.67 Å². The monoisotopic (exact) mass is 496 g/mol. The first-order valence-corrected chi connectivity index (χ1v) is 11.5. The summed E-state index contributed by atoms with van der Waals surface area (Å²) in [7, 11) is 1.67. The van der Waals surface area contributed by atoms with Gasteiger partial charge in [0, 0.05) is 23.9 Å². The van der Waals surface area contributed by atoms with Gasteiger partial charge >= 0.3 is 0 Å². The van der Waals surface area contributed by atoms with Gasteiger partial charge in [0.2, 0.25) is 0 Å². The van der Waals surface area contributed by atoms with Crippen LogP contribution < -0.4 is 4.74 Å². The summed E-state index contributed by atoms with van der Waals surface area (Å²) in [4.78, 5) is 20.2. The maximum absolute atomic E-state index is 13.8. The Morgan fingerprint density at radius 1 is 1.25 bits per heavy atom. The number of carbonyl (C=O) groups excluding carboxylic acids is 1. The van der Waals surface area contributed by atoms with Crippen molar-refractivity contribution in [2.75, 3.05) is 26.9 Å². The van der Waals surface area contributed by atoms with E-state index in [1.165, 1.54) is 5.56 Å². The molecular formula is C24H25BrN4O3. The lowest BCUT2D eigenvalue weighted by molar-refractivity contribution is -0.0373. The molecule has 0 radical (unpaired) electrons. The average molecular weight is 497 g/mol. The van der Waals surface area contributed by atoms with E-state index in [-0.39, 0.29) is 11.4 Å². The van der Waals surface area contributed by atoms with Crippen LogP contribution in [0.15, 0.2) is 41.0 Å². The first kappa shape index (κ1) is 21.2. The molecule has 1 amide bonds. The quantitative estimate of drug-likeness (QED) is 0.546. The lowest BCUT2D eigenvalue weighted by Gasteiger charge is -2.41. The first-order valence-electron chi connectivity index (χ1n) is 10.7. The van der Waals surface area contributed by atoms with Crippen molar-refractivity contribution in [3.05, 3.63) is 57.8 Å². The summed E-state index contributed by atoms with van der Waals surface area (Å²) in [5.74, 6) is 1.42. The maximum atomic E-state index is 13.8. The number of rotatable bonds is 3. The molecule has 1 aromatic carbocycles. The van der Waals surface area contributed by atoms with E-state index in [1.54, 1.807) is 13.3 Å². The first-order chi connectivity index (χ1) is 15.4. The minimum Gasteiger partial charge on any atom is -0.496 e. The van der Waals surface area contributed by atoms with Crippen molar-refractivity contribution in [3.8, 4) is 22.8 Å². The highest BCUT2D eigenvalue weighted by Crippen LogP contribution is 2.41. The molecule has 166 valence electrons. The summed E-state index contributed by atoms with van der Waals surface area (Å²) < 4.78 is 13.8. The molecule has 1 aliphatic heterocycles. The summed E-state index contributed by atoms with van der Waals surface area (Å²) in [5, 5.41) is 4.85. The summed E-state index contributed by atoms with van der Waals surface area (Å²) in [6, 6.07) is 9.83. The minimum atomic E-state index is -0.389. The minimum absolute atomic E-state index is 0.0553. The molecule has 3 heterocycles. The zero-order chi connectivity index (χ0) is 22.5. The third kappa shape index (κ3) is 3.42. The van der Waals surface area contributed by atoms with Gasteiger partial charge in [-0.3, -0.25) is 4.79 Å². The summed E-state index contributed by atoms with van der Waals surface area (Å²) in [6.45, 7) is 5.66. The van der Waals surface area contributed by atoms with Crippen LogP contribution in [-0.4, -0.2) is 58.0 Å². The van der Waals surface area contributed by atoms with E-state index in [4.69, 9.17) is 14.6 Å². The Morgan fingerprint density at radius 3 is 2.81 bits per heavy atom. The van der Waals surface area contributed by atoms with Gasteiger partial charge in [-0.05, 0) is 72.4 Å². The molecule has 0 atom stereocenters. The second-order valence-corrected chi connectivity index (χ2v) is 9.60. The number of hydrogen-bond acceptors (Lipinski definition) is 5. The molecule has 8 heteroatoms. The van der Waals surface area contributed by atoms with Crippen LogP contribution in [0.1, 0.15) is 35.5 Å². The highest BCUT2D eigenvalue weighted by Gasteiger charge is 2.38. The van der Waals surface area contributed by atoms with Crippen LogP contribution in [0.25, 0.3) is 17.1 Å². The molecule has 0 N–H and O–H groups in total. The van der Waals surface area contributed by atoms with Crippen molar-refractivity contribution in [2.45, 2.75) is 32.2 Å². The van der Waals surface area contributed by atoms with Gasteiger partial charge < -0.3 is 14.4 Å². The largest absolute Gasteiger partial charge is 0.496 e. The number of hydrogen-bond donors (Lipinski definition) is 0. The van der Waals surface area contributed by atoms with Crippen LogP contribution >= 0.6 is 15.9 Å². The summed E-state index contributed by atoms with van der Waals surface area (Å²) in [5.41, 5.74) is 4.20. The molecule has 1 saturated heterocycles. The number of methoxy groups -OCH3 is 1. The van der Waals surface area contributed by atoms with E-state index in [1.807, 2.05) is 41.6 Å². The molecule has 0 bridgehead atoms. The lowest BCUT2D eigenvalue weighted by Crippen LogP contribution is -2.55. The van der Waals surface area contributed by atoms with Gasteiger partial charge in [-0.15, -0.1) is 0 Å². The van der Waals surface area contributed by atoms with Gasteiger partial charge in [0.05, 0.1) is 36.0 Å². The number of nitrogens with zero attached hydrogens (tertiary/aromatic N) is 4. The smallest absolute Gasteiger partial charge is 0.275 e. The molecule has 1 aliphatic carbocycles. The number of aromatic nitrogens is 3. The average Bonchev–Trinajstić information content (AvgIpc) is 3.19. The number of halogens is 1. The normalized spacial score (nSPS) is 16.9. The second-order valence-electron chi connectivity index (χ2n) is 8.74. The molecule has 2 aliphatic rings. The van der Waals surface area contributed by atoms with Crippen LogP contribution in [0.2, 0.25) is 0 Å². The van der Waals surface area contributed by atoms with Gasteiger partial charge in [0.25, 0.3) is 5.91 Å².